The Balaban J connectivity index is 2.62. The van der Waals surface area contributed by atoms with Crippen LogP contribution in [-0.4, -0.2) is 85.5 Å². The highest BCUT2D eigenvalue weighted by Gasteiger charge is 2.23. The van der Waals surface area contributed by atoms with E-state index in [9.17, 15) is 4.79 Å². The summed E-state index contributed by atoms with van der Waals surface area (Å²) >= 11 is 1.82. The van der Waals surface area contributed by atoms with Gasteiger partial charge in [0.25, 0.3) is 0 Å². The second-order valence-electron chi connectivity index (χ2n) is 7.08. The standard InChI is InChI=1S/C17H35N5OS/c1-7-22-10-8-9-14(22)11-18-16(19-12-15(23)21(4)5)20-13-17(2,3)24-6/h14H,7-13H2,1-6H3,(H2,18,19,20). The summed E-state index contributed by atoms with van der Waals surface area (Å²) in [6.45, 7) is 10.7. The SMILES string of the molecule is CCN1CCCC1CNC(=NCC(=O)N(C)C)NCC(C)(C)SC. The molecule has 0 aromatic heterocycles. The van der Waals surface area contributed by atoms with E-state index < -0.39 is 0 Å². The Kier molecular flexibility index (Phi) is 8.91. The number of amides is 1. The van der Waals surface area contributed by atoms with E-state index in [0.29, 0.717) is 6.04 Å². The number of nitrogens with zero attached hydrogens (tertiary/aromatic N) is 3. The van der Waals surface area contributed by atoms with Gasteiger partial charge in [-0.2, -0.15) is 11.8 Å². The topological polar surface area (TPSA) is 60.0 Å². The first-order valence-corrected chi connectivity index (χ1v) is 10.0. The Hall–Kier alpha value is -0.950. The maximum absolute atomic E-state index is 11.8. The summed E-state index contributed by atoms with van der Waals surface area (Å²) in [5.41, 5.74) is 0. The van der Waals surface area contributed by atoms with Crippen molar-refractivity contribution in [3.05, 3.63) is 0 Å². The number of nitrogens with one attached hydrogen (secondary N) is 2. The maximum atomic E-state index is 11.8. The molecule has 0 saturated carbocycles. The predicted molar refractivity (Wildman–Crippen MR) is 105 cm³/mol. The number of hydrogen-bond donors (Lipinski definition) is 2. The third-order valence-electron chi connectivity index (χ3n) is 4.52. The highest BCUT2D eigenvalue weighted by molar-refractivity contribution is 7.99. The van der Waals surface area contributed by atoms with E-state index in [1.165, 1.54) is 19.4 Å². The van der Waals surface area contributed by atoms with Crippen molar-refractivity contribution in [1.82, 2.24) is 20.4 Å². The molecule has 24 heavy (non-hydrogen) atoms. The van der Waals surface area contributed by atoms with Crippen LogP contribution in [0.15, 0.2) is 4.99 Å². The Bertz CT molecular complexity index is 425. The monoisotopic (exact) mass is 357 g/mol. The number of aliphatic imine (C=N–C) groups is 1. The quantitative estimate of drug-likeness (QED) is 0.505. The average molecular weight is 358 g/mol. The molecule has 1 amide bonds. The number of likely N-dealkylation sites (N-methyl/N-ethyl adjacent to an activating group) is 2. The number of guanidine groups is 1. The van der Waals surface area contributed by atoms with Crippen molar-refractivity contribution in [2.75, 3.05) is 53.1 Å². The van der Waals surface area contributed by atoms with Gasteiger partial charge in [0.15, 0.2) is 5.96 Å². The molecule has 1 rings (SSSR count). The van der Waals surface area contributed by atoms with E-state index >= 15 is 0 Å². The van der Waals surface area contributed by atoms with Crippen LogP contribution in [0.1, 0.15) is 33.6 Å². The van der Waals surface area contributed by atoms with Gasteiger partial charge in [0, 0.05) is 38.0 Å². The first-order chi connectivity index (χ1) is 11.3. The normalized spacial score (nSPS) is 19.4. The van der Waals surface area contributed by atoms with Crippen LogP contribution in [0.4, 0.5) is 0 Å². The van der Waals surface area contributed by atoms with E-state index in [1.54, 1.807) is 19.0 Å². The number of rotatable bonds is 8. The fraction of sp³-hybridized carbons (Fsp3) is 0.882. The molecule has 140 valence electrons. The van der Waals surface area contributed by atoms with Crippen LogP contribution in [0.5, 0.6) is 0 Å². The van der Waals surface area contributed by atoms with Crippen LogP contribution in [0.3, 0.4) is 0 Å². The van der Waals surface area contributed by atoms with Gasteiger partial charge in [0.2, 0.25) is 5.91 Å². The second-order valence-corrected chi connectivity index (χ2v) is 8.59. The van der Waals surface area contributed by atoms with E-state index in [2.05, 4.69) is 47.6 Å². The van der Waals surface area contributed by atoms with Crippen LogP contribution >= 0.6 is 11.8 Å². The predicted octanol–water partition coefficient (Wildman–Crippen LogP) is 1.24. The number of likely N-dealkylation sites (tertiary alicyclic amines) is 1. The zero-order valence-electron chi connectivity index (χ0n) is 16.2. The highest BCUT2D eigenvalue weighted by atomic mass is 32.2. The van der Waals surface area contributed by atoms with E-state index in [-0.39, 0.29) is 17.2 Å². The van der Waals surface area contributed by atoms with Gasteiger partial charge in [-0.05, 0) is 46.0 Å². The largest absolute Gasteiger partial charge is 0.355 e. The van der Waals surface area contributed by atoms with Crippen LogP contribution < -0.4 is 10.6 Å². The molecular formula is C17H35N5OS. The van der Waals surface area contributed by atoms with E-state index in [0.717, 1.165) is 25.6 Å². The Morgan fingerprint density at radius 2 is 2.08 bits per heavy atom. The lowest BCUT2D eigenvalue weighted by atomic mass is 10.2. The van der Waals surface area contributed by atoms with Crippen molar-refractivity contribution < 1.29 is 4.79 Å². The van der Waals surface area contributed by atoms with Crippen molar-refractivity contribution >= 4 is 23.6 Å². The zero-order valence-corrected chi connectivity index (χ0v) is 17.0. The molecule has 7 heteroatoms. The number of thioether (sulfide) groups is 1. The van der Waals surface area contributed by atoms with Crippen LogP contribution in [0.25, 0.3) is 0 Å². The molecule has 1 aliphatic rings. The molecule has 1 aliphatic heterocycles. The molecule has 1 saturated heterocycles. The van der Waals surface area contributed by atoms with Crippen LogP contribution in [0.2, 0.25) is 0 Å². The molecule has 0 radical (unpaired) electrons. The third kappa shape index (κ3) is 7.30. The molecule has 1 unspecified atom stereocenters. The van der Waals surface area contributed by atoms with Crippen molar-refractivity contribution in [2.45, 2.75) is 44.4 Å². The fourth-order valence-electron chi connectivity index (χ4n) is 2.59. The molecular weight excluding hydrogens is 322 g/mol. The molecule has 1 heterocycles. The zero-order chi connectivity index (χ0) is 18.2. The minimum atomic E-state index is 0.0104. The summed E-state index contributed by atoms with van der Waals surface area (Å²) in [4.78, 5) is 20.4. The molecule has 1 atom stereocenters. The molecule has 0 bridgehead atoms. The molecule has 0 aromatic carbocycles. The van der Waals surface area contributed by atoms with E-state index in [1.807, 2.05) is 11.8 Å². The van der Waals surface area contributed by atoms with Crippen molar-refractivity contribution in [3.63, 3.8) is 0 Å². The Morgan fingerprint density at radius 3 is 2.67 bits per heavy atom. The lowest BCUT2D eigenvalue weighted by Gasteiger charge is -2.26. The molecule has 0 aromatic rings. The Morgan fingerprint density at radius 1 is 1.38 bits per heavy atom. The molecule has 6 nitrogen and oxygen atoms in total. The van der Waals surface area contributed by atoms with Gasteiger partial charge >= 0.3 is 0 Å². The Labute approximate surface area is 151 Å². The van der Waals surface area contributed by atoms with Crippen molar-refractivity contribution in [2.24, 2.45) is 4.99 Å². The maximum Gasteiger partial charge on any atom is 0.243 e. The van der Waals surface area contributed by atoms with Gasteiger partial charge in [-0.15, -0.1) is 0 Å². The molecule has 2 N–H and O–H groups in total. The fourth-order valence-corrected chi connectivity index (χ4v) is 2.80. The van der Waals surface area contributed by atoms with E-state index in [4.69, 9.17) is 0 Å². The minimum Gasteiger partial charge on any atom is -0.355 e. The van der Waals surface area contributed by atoms with Gasteiger partial charge in [0.1, 0.15) is 6.54 Å². The summed E-state index contributed by atoms with van der Waals surface area (Å²) < 4.78 is 0.122. The summed E-state index contributed by atoms with van der Waals surface area (Å²) in [6, 6.07) is 0.556. The minimum absolute atomic E-state index is 0.0104. The van der Waals surface area contributed by atoms with Gasteiger partial charge in [0.05, 0.1) is 0 Å². The highest BCUT2D eigenvalue weighted by Crippen LogP contribution is 2.19. The van der Waals surface area contributed by atoms with Gasteiger partial charge in [-0.25, -0.2) is 4.99 Å². The summed E-state index contributed by atoms with van der Waals surface area (Å²) in [6.07, 6.45) is 4.60. The van der Waals surface area contributed by atoms with Crippen LogP contribution in [0, 0.1) is 0 Å². The van der Waals surface area contributed by atoms with Gasteiger partial charge < -0.3 is 15.5 Å². The summed E-state index contributed by atoms with van der Waals surface area (Å²) in [5, 5.41) is 6.83. The average Bonchev–Trinajstić information content (AvgIpc) is 3.01. The van der Waals surface area contributed by atoms with Crippen LogP contribution in [-0.2, 0) is 4.79 Å². The first kappa shape index (κ1) is 21.1. The van der Waals surface area contributed by atoms with Gasteiger partial charge in [-0.3, -0.25) is 9.69 Å². The van der Waals surface area contributed by atoms with Gasteiger partial charge in [-0.1, -0.05) is 6.92 Å². The smallest absolute Gasteiger partial charge is 0.243 e. The number of carbonyl (C=O) groups excluding carboxylic acids is 1. The first-order valence-electron chi connectivity index (χ1n) is 8.80. The molecule has 0 aliphatic carbocycles. The summed E-state index contributed by atoms with van der Waals surface area (Å²) in [5.74, 6) is 0.742. The van der Waals surface area contributed by atoms with Crippen molar-refractivity contribution in [3.8, 4) is 0 Å². The summed E-state index contributed by atoms with van der Waals surface area (Å²) in [7, 11) is 3.51. The third-order valence-corrected chi connectivity index (χ3v) is 5.77. The number of hydrogen-bond acceptors (Lipinski definition) is 4. The number of carbonyl (C=O) groups is 1. The second kappa shape index (κ2) is 10.1. The lowest BCUT2D eigenvalue weighted by molar-refractivity contribution is -0.127. The molecule has 1 fully saturated rings. The van der Waals surface area contributed by atoms with Crippen molar-refractivity contribution in [1.29, 1.82) is 0 Å². The lowest BCUT2D eigenvalue weighted by Crippen LogP contribution is -2.48. The molecule has 0 spiro atoms.